The zero-order valence-corrected chi connectivity index (χ0v) is 13.4. The van der Waals surface area contributed by atoms with E-state index < -0.39 is 0 Å². The highest BCUT2D eigenvalue weighted by Crippen LogP contribution is 2.32. The van der Waals surface area contributed by atoms with Crippen LogP contribution in [0.15, 0.2) is 30.5 Å². The summed E-state index contributed by atoms with van der Waals surface area (Å²) in [7, 11) is 1.90. The average Bonchev–Trinajstić information content (AvgIpc) is 3.16. The van der Waals surface area contributed by atoms with Crippen molar-refractivity contribution in [2.45, 2.75) is 6.92 Å². The largest absolute Gasteiger partial charge is 0.272 e. The summed E-state index contributed by atoms with van der Waals surface area (Å²) in [5, 5.41) is 18.8. The van der Waals surface area contributed by atoms with Crippen molar-refractivity contribution in [1.29, 1.82) is 0 Å². The Labute approximate surface area is 135 Å². The Morgan fingerprint density at radius 3 is 2.68 bits per heavy atom. The molecule has 0 spiro atoms. The molecule has 110 valence electrons. The minimum Gasteiger partial charge on any atom is -0.272 e. The summed E-state index contributed by atoms with van der Waals surface area (Å²) < 4.78 is 3.55. The van der Waals surface area contributed by atoms with Gasteiger partial charge >= 0.3 is 0 Å². The number of hydrogen-bond donors (Lipinski definition) is 0. The second-order valence-electron chi connectivity index (χ2n) is 4.87. The molecule has 22 heavy (non-hydrogen) atoms. The lowest BCUT2D eigenvalue weighted by Crippen LogP contribution is -1.95. The predicted octanol–water partition coefficient (Wildman–Crippen LogP) is 3.22. The van der Waals surface area contributed by atoms with Gasteiger partial charge in [-0.3, -0.25) is 4.68 Å². The minimum atomic E-state index is 0.673. The molecule has 6 nitrogen and oxygen atoms in total. The second kappa shape index (κ2) is 4.89. The molecule has 8 heteroatoms. The lowest BCUT2D eigenvalue weighted by Gasteiger charge is -1.98. The van der Waals surface area contributed by atoms with E-state index in [0.29, 0.717) is 10.8 Å². The molecule has 0 aliphatic rings. The van der Waals surface area contributed by atoms with Gasteiger partial charge in [-0.05, 0) is 13.0 Å². The summed E-state index contributed by atoms with van der Waals surface area (Å²) in [4.78, 5) is 0.730. The zero-order valence-electron chi connectivity index (χ0n) is 11.9. The molecule has 0 saturated heterocycles. The fraction of sp³-hybridized carbons (Fsp3) is 0.143. The molecule has 3 heterocycles. The van der Waals surface area contributed by atoms with E-state index in [4.69, 9.17) is 11.6 Å². The van der Waals surface area contributed by atoms with Crippen molar-refractivity contribution in [3.8, 4) is 22.0 Å². The van der Waals surface area contributed by atoms with E-state index in [1.807, 2.05) is 38.2 Å². The molecule has 1 aromatic carbocycles. The highest BCUT2D eigenvalue weighted by Gasteiger charge is 2.18. The van der Waals surface area contributed by atoms with Gasteiger partial charge in [0.1, 0.15) is 5.01 Å². The maximum Gasteiger partial charge on any atom is 0.235 e. The van der Waals surface area contributed by atoms with Gasteiger partial charge in [0.05, 0.1) is 16.8 Å². The van der Waals surface area contributed by atoms with Gasteiger partial charge in [-0.1, -0.05) is 41.1 Å². The van der Waals surface area contributed by atoms with Crippen LogP contribution >= 0.6 is 22.9 Å². The van der Waals surface area contributed by atoms with E-state index in [-0.39, 0.29) is 0 Å². The van der Waals surface area contributed by atoms with Gasteiger partial charge in [0.2, 0.25) is 4.96 Å². The van der Waals surface area contributed by atoms with Gasteiger partial charge in [-0.25, -0.2) is 0 Å². The maximum absolute atomic E-state index is 6.25. The number of fused-ring (bicyclic) bond motifs is 1. The third-order valence-electron chi connectivity index (χ3n) is 3.57. The van der Waals surface area contributed by atoms with Crippen LogP contribution in [0.1, 0.15) is 5.69 Å². The van der Waals surface area contributed by atoms with Crippen molar-refractivity contribution in [2.75, 3.05) is 0 Å². The first-order chi connectivity index (χ1) is 10.6. The van der Waals surface area contributed by atoms with Crippen LogP contribution in [0.2, 0.25) is 5.02 Å². The first-order valence-corrected chi connectivity index (χ1v) is 7.80. The van der Waals surface area contributed by atoms with Crippen LogP contribution in [0.3, 0.4) is 0 Å². The molecule has 3 aromatic heterocycles. The average molecular weight is 331 g/mol. The first kappa shape index (κ1) is 13.4. The standard InChI is InChI=1S/C14H11ClN6S/c1-8-10(7-16-20(8)2)12-17-18-14-21(12)19-13(22-14)9-5-3-4-6-11(9)15/h3-7H,1-2H3. The number of halogens is 1. The Morgan fingerprint density at radius 1 is 1.14 bits per heavy atom. The maximum atomic E-state index is 6.25. The van der Waals surface area contributed by atoms with Gasteiger partial charge in [0.15, 0.2) is 5.82 Å². The van der Waals surface area contributed by atoms with Crippen LogP contribution in [0.4, 0.5) is 0 Å². The van der Waals surface area contributed by atoms with Crippen molar-refractivity contribution >= 4 is 27.9 Å². The Hall–Kier alpha value is -2.25. The number of benzene rings is 1. The Bertz CT molecular complexity index is 982. The number of nitrogens with zero attached hydrogens (tertiary/aromatic N) is 6. The Kier molecular flexibility index (Phi) is 2.98. The normalized spacial score (nSPS) is 11.4. The monoisotopic (exact) mass is 330 g/mol. The molecule has 0 amide bonds. The quantitative estimate of drug-likeness (QED) is 0.566. The van der Waals surface area contributed by atoms with E-state index in [9.17, 15) is 0 Å². The number of aromatic nitrogens is 6. The van der Waals surface area contributed by atoms with Gasteiger partial charge in [-0.15, -0.1) is 10.2 Å². The van der Waals surface area contributed by atoms with Gasteiger partial charge < -0.3 is 0 Å². The van der Waals surface area contributed by atoms with Crippen LogP contribution in [0.25, 0.3) is 26.9 Å². The molecule has 0 N–H and O–H groups in total. The number of rotatable bonds is 2. The minimum absolute atomic E-state index is 0.673. The summed E-state index contributed by atoms with van der Waals surface area (Å²) in [5.41, 5.74) is 2.83. The lowest BCUT2D eigenvalue weighted by atomic mass is 10.2. The van der Waals surface area contributed by atoms with Crippen LogP contribution in [-0.2, 0) is 7.05 Å². The van der Waals surface area contributed by atoms with Crippen LogP contribution in [0.5, 0.6) is 0 Å². The number of aryl methyl sites for hydroxylation is 1. The fourth-order valence-corrected chi connectivity index (χ4v) is 3.41. The summed E-state index contributed by atoms with van der Waals surface area (Å²) in [6.07, 6.45) is 1.78. The molecule has 0 radical (unpaired) electrons. The van der Waals surface area contributed by atoms with Crippen LogP contribution < -0.4 is 0 Å². The summed E-state index contributed by atoms with van der Waals surface area (Å²) >= 11 is 7.71. The molecule has 0 aliphatic heterocycles. The molecule has 0 atom stereocenters. The highest BCUT2D eigenvalue weighted by atomic mass is 35.5. The van der Waals surface area contributed by atoms with Gasteiger partial charge in [-0.2, -0.15) is 14.7 Å². The summed E-state index contributed by atoms with van der Waals surface area (Å²) in [5.74, 6) is 0.690. The molecule has 4 rings (SSSR count). The van der Waals surface area contributed by atoms with E-state index in [2.05, 4.69) is 20.4 Å². The highest BCUT2D eigenvalue weighted by molar-refractivity contribution is 7.19. The Balaban J connectivity index is 1.90. The van der Waals surface area contributed by atoms with Crippen molar-refractivity contribution in [1.82, 2.24) is 29.6 Å². The topological polar surface area (TPSA) is 60.9 Å². The van der Waals surface area contributed by atoms with Crippen molar-refractivity contribution < 1.29 is 0 Å². The molecule has 0 fully saturated rings. The van der Waals surface area contributed by atoms with E-state index in [0.717, 1.165) is 26.8 Å². The van der Waals surface area contributed by atoms with Gasteiger partial charge in [0.25, 0.3) is 0 Å². The first-order valence-electron chi connectivity index (χ1n) is 6.61. The molecule has 0 bridgehead atoms. The summed E-state index contributed by atoms with van der Waals surface area (Å²) in [6, 6.07) is 7.64. The zero-order chi connectivity index (χ0) is 15.3. The van der Waals surface area contributed by atoms with Crippen molar-refractivity contribution in [2.24, 2.45) is 7.05 Å². The van der Waals surface area contributed by atoms with Crippen molar-refractivity contribution in [3.05, 3.63) is 41.2 Å². The SMILES string of the molecule is Cc1c(-c2nnc3sc(-c4ccccc4Cl)nn23)cnn1C. The van der Waals surface area contributed by atoms with Crippen molar-refractivity contribution in [3.63, 3.8) is 0 Å². The third-order valence-corrected chi connectivity index (χ3v) is 4.83. The van der Waals surface area contributed by atoms with Gasteiger partial charge in [0, 0.05) is 18.3 Å². The predicted molar refractivity (Wildman–Crippen MR) is 86.0 cm³/mol. The molecule has 0 saturated carbocycles. The number of hydrogen-bond acceptors (Lipinski definition) is 5. The van der Waals surface area contributed by atoms with Crippen LogP contribution in [-0.4, -0.2) is 29.6 Å². The molecule has 0 aliphatic carbocycles. The van der Waals surface area contributed by atoms with E-state index in [1.54, 1.807) is 15.4 Å². The molecule has 0 unspecified atom stereocenters. The van der Waals surface area contributed by atoms with E-state index >= 15 is 0 Å². The smallest absolute Gasteiger partial charge is 0.235 e. The third kappa shape index (κ3) is 1.93. The second-order valence-corrected chi connectivity index (χ2v) is 6.24. The lowest BCUT2D eigenvalue weighted by molar-refractivity contribution is 0.740. The van der Waals surface area contributed by atoms with Crippen LogP contribution in [0, 0.1) is 6.92 Å². The fourth-order valence-electron chi connectivity index (χ4n) is 2.25. The molecular formula is C14H11ClN6S. The Morgan fingerprint density at radius 2 is 1.95 bits per heavy atom. The summed E-state index contributed by atoms with van der Waals surface area (Å²) in [6.45, 7) is 1.99. The molecular weight excluding hydrogens is 320 g/mol. The van der Waals surface area contributed by atoms with E-state index in [1.165, 1.54) is 11.3 Å². The molecule has 4 aromatic rings.